The molecule has 7 nitrogen and oxygen atoms in total. The van der Waals surface area contributed by atoms with Crippen LogP contribution in [0.25, 0.3) is 0 Å². The summed E-state index contributed by atoms with van der Waals surface area (Å²) < 4.78 is 5.54. The Hall–Kier alpha value is -1.34. The molecule has 0 bridgehead atoms. The number of carbonyl (C=O) groups excluding carboxylic acids is 1. The first kappa shape index (κ1) is 18.5. The highest BCUT2D eigenvalue weighted by Crippen LogP contribution is 2.36. The van der Waals surface area contributed by atoms with Gasteiger partial charge in [-0.05, 0) is 38.5 Å². The first-order valence-electron chi connectivity index (χ1n) is 9.32. The van der Waals surface area contributed by atoms with Crippen LogP contribution in [0.4, 0.5) is 4.79 Å². The maximum Gasteiger partial charge on any atom is 0.320 e. The van der Waals surface area contributed by atoms with Crippen molar-refractivity contribution in [2.45, 2.75) is 62.8 Å². The minimum Gasteiger partial charge on any atom is -0.339 e. The zero-order valence-electron chi connectivity index (χ0n) is 14.7. The predicted molar refractivity (Wildman–Crippen MR) is 95.6 cm³/mol. The molecule has 140 valence electrons. The molecule has 3 fully saturated rings. The van der Waals surface area contributed by atoms with E-state index in [4.69, 9.17) is 10.3 Å². The Balaban J connectivity index is 0.00000182. The molecule has 2 saturated heterocycles. The summed E-state index contributed by atoms with van der Waals surface area (Å²) in [7, 11) is 0. The van der Waals surface area contributed by atoms with Crippen LogP contribution in [0.3, 0.4) is 0 Å². The van der Waals surface area contributed by atoms with Crippen molar-refractivity contribution in [1.82, 2.24) is 19.9 Å². The molecule has 0 aromatic carbocycles. The number of aromatic nitrogens is 2. The topological polar surface area (TPSA) is 88.5 Å². The fraction of sp³-hybridized carbons (Fsp3) is 0.824. The van der Waals surface area contributed by atoms with Crippen molar-refractivity contribution in [2.24, 2.45) is 5.73 Å². The van der Waals surface area contributed by atoms with E-state index in [0.29, 0.717) is 18.3 Å². The first-order valence-corrected chi connectivity index (χ1v) is 9.32. The summed E-state index contributed by atoms with van der Waals surface area (Å²) in [6.07, 6.45) is 8.32. The fourth-order valence-corrected chi connectivity index (χ4v) is 4.29. The number of hydrogen-bond donors (Lipinski definition) is 1. The van der Waals surface area contributed by atoms with E-state index >= 15 is 0 Å². The normalized spacial score (nSPS) is 25.9. The van der Waals surface area contributed by atoms with Crippen LogP contribution >= 0.6 is 12.4 Å². The highest BCUT2D eigenvalue weighted by molar-refractivity contribution is 5.85. The highest BCUT2D eigenvalue weighted by Gasteiger charge is 2.38. The van der Waals surface area contributed by atoms with Crippen molar-refractivity contribution in [3.05, 3.63) is 11.7 Å². The van der Waals surface area contributed by atoms with Crippen LogP contribution in [0, 0.1) is 0 Å². The number of hydrogen-bond acceptors (Lipinski definition) is 5. The maximum absolute atomic E-state index is 12.6. The molecule has 1 aromatic heterocycles. The lowest BCUT2D eigenvalue weighted by Gasteiger charge is -2.33. The van der Waals surface area contributed by atoms with Crippen LogP contribution in [-0.4, -0.2) is 52.2 Å². The molecule has 0 spiro atoms. The van der Waals surface area contributed by atoms with Gasteiger partial charge in [0.15, 0.2) is 5.82 Å². The number of halogens is 1. The van der Waals surface area contributed by atoms with Gasteiger partial charge < -0.3 is 20.1 Å². The molecule has 2 aliphatic heterocycles. The SMILES string of the molecule is Cl.NC1(c2noc(C3CCCN(C(=O)N4CCCC4)C3)n2)CCCC1. The lowest BCUT2D eigenvalue weighted by molar-refractivity contribution is 0.142. The molecule has 0 radical (unpaired) electrons. The van der Waals surface area contributed by atoms with Gasteiger partial charge in [0, 0.05) is 26.2 Å². The third kappa shape index (κ3) is 3.62. The van der Waals surface area contributed by atoms with Gasteiger partial charge in [0.25, 0.3) is 0 Å². The Kier molecular flexibility index (Phi) is 5.53. The van der Waals surface area contributed by atoms with Gasteiger partial charge in [-0.15, -0.1) is 12.4 Å². The van der Waals surface area contributed by atoms with Crippen LogP contribution in [0.2, 0.25) is 0 Å². The number of carbonyl (C=O) groups is 1. The molecule has 1 atom stereocenters. The molecule has 8 heteroatoms. The van der Waals surface area contributed by atoms with Gasteiger partial charge >= 0.3 is 6.03 Å². The van der Waals surface area contributed by atoms with Crippen molar-refractivity contribution in [2.75, 3.05) is 26.2 Å². The number of amides is 2. The average molecular weight is 370 g/mol. The minimum absolute atomic E-state index is 0. The molecular weight excluding hydrogens is 342 g/mol. The van der Waals surface area contributed by atoms with Crippen LogP contribution in [0.1, 0.15) is 69.0 Å². The molecule has 1 aromatic rings. The molecule has 2 amide bonds. The van der Waals surface area contributed by atoms with Crippen LogP contribution in [0.15, 0.2) is 4.52 Å². The summed E-state index contributed by atoms with van der Waals surface area (Å²) >= 11 is 0. The molecule has 4 rings (SSSR count). The third-order valence-corrected chi connectivity index (χ3v) is 5.80. The van der Waals surface area contributed by atoms with E-state index in [1.165, 1.54) is 0 Å². The van der Waals surface area contributed by atoms with Gasteiger partial charge in [0.2, 0.25) is 5.89 Å². The number of nitrogens with two attached hydrogens (primary N) is 1. The zero-order valence-corrected chi connectivity index (χ0v) is 15.5. The summed E-state index contributed by atoms with van der Waals surface area (Å²) in [5.74, 6) is 1.44. The lowest BCUT2D eigenvalue weighted by atomic mass is 9.97. The summed E-state index contributed by atoms with van der Waals surface area (Å²) in [5, 5.41) is 4.17. The smallest absolute Gasteiger partial charge is 0.320 e. The summed E-state index contributed by atoms with van der Waals surface area (Å²) in [5.41, 5.74) is 6.01. The molecule has 3 heterocycles. The molecule has 1 saturated carbocycles. The summed E-state index contributed by atoms with van der Waals surface area (Å²) in [6, 6.07) is 0.169. The lowest BCUT2D eigenvalue weighted by Crippen LogP contribution is -2.46. The largest absolute Gasteiger partial charge is 0.339 e. The van der Waals surface area contributed by atoms with E-state index in [9.17, 15) is 4.79 Å². The fourth-order valence-electron chi connectivity index (χ4n) is 4.29. The van der Waals surface area contributed by atoms with Crippen molar-refractivity contribution in [1.29, 1.82) is 0 Å². The van der Waals surface area contributed by atoms with Gasteiger partial charge in [-0.1, -0.05) is 18.0 Å². The van der Waals surface area contributed by atoms with Crippen LogP contribution < -0.4 is 5.73 Å². The van der Waals surface area contributed by atoms with Crippen molar-refractivity contribution in [3.63, 3.8) is 0 Å². The molecule has 1 aliphatic carbocycles. The summed E-state index contributed by atoms with van der Waals surface area (Å²) in [4.78, 5) is 21.2. The van der Waals surface area contributed by atoms with Gasteiger partial charge in [0.05, 0.1) is 11.5 Å². The van der Waals surface area contributed by atoms with E-state index in [2.05, 4.69) is 10.1 Å². The van der Waals surface area contributed by atoms with E-state index in [1.807, 2.05) is 9.80 Å². The predicted octanol–water partition coefficient (Wildman–Crippen LogP) is 2.61. The van der Waals surface area contributed by atoms with Crippen molar-refractivity contribution < 1.29 is 9.32 Å². The summed E-state index contributed by atoms with van der Waals surface area (Å²) in [6.45, 7) is 3.28. The van der Waals surface area contributed by atoms with Crippen LogP contribution in [-0.2, 0) is 5.54 Å². The molecule has 25 heavy (non-hydrogen) atoms. The molecule has 3 aliphatic rings. The number of nitrogens with zero attached hydrogens (tertiary/aromatic N) is 4. The second kappa shape index (κ2) is 7.50. The van der Waals surface area contributed by atoms with Gasteiger partial charge in [-0.25, -0.2) is 4.79 Å². The molecule has 2 N–H and O–H groups in total. The monoisotopic (exact) mass is 369 g/mol. The number of likely N-dealkylation sites (tertiary alicyclic amines) is 2. The second-order valence-electron chi connectivity index (χ2n) is 7.58. The molecule has 1 unspecified atom stereocenters. The Bertz CT molecular complexity index is 596. The van der Waals surface area contributed by atoms with E-state index in [-0.39, 0.29) is 24.4 Å². The number of rotatable bonds is 2. The van der Waals surface area contributed by atoms with Crippen molar-refractivity contribution in [3.8, 4) is 0 Å². The Morgan fingerprint density at radius 2 is 1.76 bits per heavy atom. The second-order valence-corrected chi connectivity index (χ2v) is 7.58. The first-order chi connectivity index (χ1) is 11.7. The Morgan fingerprint density at radius 3 is 2.48 bits per heavy atom. The molecular formula is C17H28ClN5O2. The van der Waals surface area contributed by atoms with Crippen molar-refractivity contribution >= 4 is 18.4 Å². The van der Waals surface area contributed by atoms with E-state index in [1.54, 1.807) is 0 Å². The highest BCUT2D eigenvalue weighted by atomic mass is 35.5. The van der Waals surface area contributed by atoms with Crippen LogP contribution in [0.5, 0.6) is 0 Å². The maximum atomic E-state index is 12.6. The number of urea groups is 1. The third-order valence-electron chi connectivity index (χ3n) is 5.80. The Morgan fingerprint density at radius 1 is 1.08 bits per heavy atom. The minimum atomic E-state index is -0.415. The van der Waals surface area contributed by atoms with E-state index < -0.39 is 5.54 Å². The quantitative estimate of drug-likeness (QED) is 0.865. The van der Waals surface area contributed by atoms with Gasteiger partial charge in [-0.2, -0.15) is 4.98 Å². The Labute approximate surface area is 154 Å². The average Bonchev–Trinajstić information content (AvgIpc) is 3.35. The standard InChI is InChI=1S/C17H27N5O2.ClH/c18-17(7-1-2-8-17)15-19-14(24-20-15)13-6-5-11-22(12-13)16(23)21-9-3-4-10-21;/h13H,1-12,18H2;1H. The van der Waals surface area contributed by atoms with E-state index in [0.717, 1.165) is 71.0 Å². The van der Waals surface area contributed by atoms with Gasteiger partial charge in [-0.3, -0.25) is 0 Å². The zero-order chi connectivity index (χ0) is 16.6. The number of piperidine rings is 1. The van der Waals surface area contributed by atoms with Gasteiger partial charge in [0.1, 0.15) is 0 Å².